The molecule has 88 valence electrons. The van der Waals surface area contributed by atoms with Gasteiger partial charge in [-0.1, -0.05) is 5.59 Å². The van der Waals surface area contributed by atoms with Crippen LogP contribution in [-0.4, -0.2) is 18.8 Å². The van der Waals surface area contributed by atoms with Crippen LogP contribution in [0.15, 0.2) is 29.2 Å². The first-order valence-corrected chi connectivity index (χ1v) is 5.91. The predicted octanol–water partition coefficient (Wildman–Crippen LogP) is 1.10. The second-order valence-corrected chi connectivity index (χ2v) is 3.75. The van der Waals surface area contributed by atoms with Gasteiger partial charge in [0.25, 0.3) is 0 Å². The van der Waals surface area contributed by atoms with Crippen LogP contribution in [0, 0.1) is 0 Å². The van der Waals surface area contributed by atoms with Crippen LogP contribution in [0.3, 0.4) is 0 Å². The highest BCUT2D eigenvalue weighted by Gasteiger charge is 2.02. The highest BCUT2D eigenvalue weighted by molar-refractivity contribution is 7.98. The average Bonchev–Trinajstić information content (AvgIpc) is 2.30. The lowest BCUT2D eigenvalue weighted by molar-refractivity contribution is -0.151. The molecular formula is C10H14N2O3S. The van der Waals surface area contributed by atoms with E-state index in [0.717, 1.165) is 5.75 Å². The lowest BCUT2D eigenvalue weighted by atomic mass is 10.3. The Labute approximate surface area is 98.2 Å². The molecule has 5 nitrogen and oxygen atoms in total. The van der Waals surface area contributed by atoms with Gasteiger partial charge in [0.05, 0.1) is 13.0 Å². The molecule has 0 saturated heterocycles. The van der Waals surface area contributed by atoms with Crippen LogP contribution in [0.5, 0.6) is 5.75 Å². The van der Waals surface area contributed by atoms with Gasteiger partial charge < -0.3 is 9.57 Å². The molecule has 3 N–H and O–H groups in total. The molecule has 1 aromatic rings. The Morgan fingerprint density at radius 3 is 2.69 bits per heavy atom. The SMILES string of the molecule is CSc1ccc(OCCC(=O)ONN)cc1. The number of hydrogen-bond donors (Lipinski definition) is 2. The van der Waals surface area contributed by atoms with Crippen LogP contribution < -0.4 is 16.2 Å². The molecule has 0 aliphatic rings. The van der Waals surface area contributed by atoms with Crippen LogP contribution in [-0.2, 0) is 9.63 Å². The Morgan fingerprint density at radius 1 is 1.44 bits per heavy atom. The van der Waals surface area contributed by atoms with E-state index in [1.165, 1.54) is 4.90 Å². The maximum atomic E-state index is 10.9. The molecule has 1 aromatic carbocycles. The molecule has 0 fully saturated rings. The second-order valence-electron chi connectivity index (χ2n) is 2.87. The third-order valence-corrected chi connectivity index (χ3v) is 2.55. The van der Waals surface area contributed by atoms with E-state index in [2.05, 4.69) is 4.84 Å². The van der Waals surface area contributed by atoms with E-state index in [1.54, 1.807) is 11.8 Å². The fraction of sp³-hybridized carbons (Fsp3) is 0.300. The molecule has 1 rings (SSSR count). The number of nitrogens with two attached hydrogens (primary N) is 1. The first-order chi connectivity index (χ1) is 7.76. The quantitative estimate of drug-likeness (QED) is 0.442. The van der Waals surface area contributed by atoms with E-state index in [0.29, 0.717) is 0 Å². The Hall–Kier alpha value is -1.24. The number of benzene rings is 1. The van der Waals surface area contributed by atoms with E-state index in [-0.39, 0.29) is 13.0 Å². The van der Waals surface area contributed by atoms with E-state index >= 15 is 0 Å². The first-order valence-electron chi connectivity index (χ1n) is 4.68. The first kappa shape index (κ1) is 12.8. The van der Waals surface area contributed by atoms with Gasteiger partial charge in [0.2, 0.25) is 0 Å². The highest BCUT2D eigenvalue weighted by atomic mass is 32.2. The molecular weight excluding hydrogens is 228 g/mol. The zero-order valence-corrected chi connectivity index (χ0v) is 9.75. The number of ether oxygens (including phenoxy) is 1. The molecule has 0 radical (unpaired) electrons. The number of carbonyl (C=O) groups excluding carboxylic acids is 1. The van der Waals surface area contributed by atoms with Gasteiger partial charge in [-0.3, -0.25) is 4.79 Å². The smallest absolute Gasteiger partial charge is 0.329 e. The minimum atomic E-state index is -0.455. The largest absolute Gasteiger partial charge is 0.493 e. The Kier molecular flexibility index (Phi) is 5.69. The summed E-state index contributed by atoms with van der Waals surface area (Å²) in [6.07, 6.45) is 2.15. The molecule has 0 spiro atoms. The topological polar surface area (TPSA) is 73.6 Å². The Balaban J connectivity index is 2.29. The molecule has 0 saturated carbocycles. The van der Waals surface area contributed by atoms with Crippen molar-refractivity contribution in [2.24, 2.45) is 5.84 Å². The predicted molar refractivity (Wildman–Crippen MR) is 61.8 cm³/mol. The number of rotatable bonds is 6. The molecule has 0 aromatic heterocycles. The van der Waals surface area contributed by atoms with Crippen molar-refractivity contribution in [2.45, 2.75) is 11.3 Å². The minimum Gasteiger partial charge on any atom is -0.493 e. The average molecular weight is 242 g/mol. The molecule has 0 unspecified atom stereocenters. The number of carbonyl (C=O) groups is 1. The molecule has 0 aliphatic carbocycles. The van der Waals surface area contributed by atoms with E-state index in [9.17, 15) is 4.79 Å². The van der Waals surface area contributed by atoms with Gasteiger partial charge >= 0.3 is 5.97 Å². The van der Waals surface area contributed by atoms with Crippen molar-refractivity contribution in [1.82, 2.24) is 5.59 Å². The van der Waals surface area contributed by atoms with Crippen LogP contribution in [0.2, 0.25) is 0 Å². The lowest BCUT2D eigenvalue weighted by Crippen LogP contribution is -2.26. The Bertz CT molecular complexity index is 329. The summed E-state index contributed by atoms with van der Waals surface area (Å²) in [5, 5.41) is 0. The minimum absolute atomic E-state index is 0.147. The normalized spacial score (nSPS) is 9.88. The number of hydrogen-bond acceptors (Lipinski definition) is 6. The summed E-state index contributed by atoms with van der Waals surface area (Å²) in [7, 11) is 0. The standard InChI is InChI=1S/C10H14N2O3S/c1-16-9-4-2-8(3-5-9)14-7-6-10(13)15-12-11/h2-5,12H,6-7,11H2,1H3. The zero-order chi connectivity index (χ0) is 11.8. The van der Waals surface area contributed by atoms with Crippen LogP contribution >= 0.6 is 11.8 Å². The van der Waals surface area contributed by atoms with Gasteiger partial charge in [-0.2, -0.15) is 0 Å². The maximum absolute atomic E-state index is 10.9. The van der Waals surface area contributed by atoms with Gasteiger partial charge in [0.1, 0.15) is 5.75 Å². The van der Waals surface area contributed by atoms with Crippen molar-refractivity contribution in [3.8, 4) is 5.75 Å². The van der Waals surface area contributed by atoms with Crippen molar-refractivity contribution < 1.29 is 14.4 Å². The molecule has 6 heteroatoms. The summed E-state index contributed by atoms with van der Waals surface area (Å²) in [6.45, 7) is 0.263. The van der Waals surface area contributed by atoms with Crippen LogP contribution in [0.4, 0.5) is 0 Å². The van der Waals surface area contributed by atoms with Gasteiger partial charge in [-0.15, -0.1) is 11.8 Å². The molecule has 0 heterocycles. The van der Waals surface area contributed by atoms with Crippen LogP contribution in [0.25, 0.3) is 0 Å². The lowest BCUT2D eigenvalue weighted by Gasteiger charge is -2.06. The fourth-order valence-corrected chi connectivity index (χ4v) is 1.45. The van der Waals surface area contributed by atoms with Gasteiger partial charge in [-0.05, 0) is 30.5 Å². The summed E-state index contributed by atoms with van der Waals surface area (Å²) in [6, 6.07) is 7.64. The third kappa shape index (κ3) is 4.52. The van der Waals surface area contributed by atoms with Crippen molar-refractivity contribution in [3.63, 3.8) is 0 Å². The van der Waals surface area contributed by atoms with Crippen molar-refractivity contribution in [1.29, 1.82) is 0 Å². The van der Waals surface area contributed by atoms with Gasteiger partial charge in [-0.25, -0.2) is 5.84 Å². The van der Waals surface area contributed by atoms with Gasteiger partial charge in [0.15, 0.2) is 0 Å². The fourth-order valence-electron chi connectivity index (χ4n) is 1.04. The van der Waals surface area contributed by atoms with Crippen molar-refractivity contribution in [2.75, 3.05) is 12.9 Å². The zero-order valence-electron chi connectivity index (χ0n) is 8.93. The number of nitrogens with one attached hydrogen (secondary N) is 1. The molecule has 0 amide bonds. The molecule has 0 aliphatic heterocycles. The number of thioether (sulfide) groups is 1. The van der Waals surface area contributed by atoms with E-state index < -0.39 is 5.97 Å². The van der Waals surface area contributed by atoms with E-state index in [4.69, 9.17) is 10.6 Å². The van der Waals surface area contributed by atoms with Gasteiger partial charge in [0, 0.05) is 4.90 Å². The monoisotopic (exact) mass is 242 g/mol. The summed E-state index contributed by atoms with van der Waals surface area (Å²) >= 11 is 1.66. The molecule has 16 heavy (non-hydrogen) atoms. The Morgan fingerprint density at radius 2 is 2.12 bits per heavy atom. The molecule has 0 atom stereocenters. The van der Waals surface area contributed by atoms with Crippen molar-refractivity contribution in [3.05, 3.63) is 24.3 Å². The summed E-state index contributed by atoms with van der Waals surface area (Å²) in [5.41, 5.74) is 1.82. The summed E-state index contributed by atoms with van der Waals surface area (Å²) < 4.78 is 5.34. The second kappa shape index (κ2) is 7.10. The summed E-state index contributed by atoms with van der Waals surface area (Å²) in [4.78, 5) is 16.4. The number of hydrazine groups is 1. The maximum Gasteiger partial charge on any atom is 0.329 e. The highest BCUT2D eigenvalue weighted by Crippen LogP contribution is 2.18. The summed E-state index contributed by atoms with van der Waals surface area (Å²) in [5.74, 6) is 5.08. The van der Waals surface area contributed by atoms with Crippen molar-refractivity contribution >= 4 is 17.7 Å². The molecule has 0 bridgehead atoms. The van der Waals surface area contributed by atoms with E-state index in [1.807, 2.05) is 36.1 Å². The third-order valence-electron chi connectivity index (χ3n) is 1.81. The van der Waals surface area contributed by atoms with Crippen LogP contribution in [0.1, 0.15) is 6.42 Å².